The molecule has 3 rings (SSSR count). The fourth-order valence-electron chi connectivity index (χ4n) is 1.99. The predicted molar refractivity (Wildman–Crippen MR) is 60.2 cm³/mol. The topological polar surface area (TPSA) is 109 Å². The van der Waals surface area contributed by atoms with Crippen LogP contribution in [0.5, 0.6) is 0 Å². The summed E-state index contributed by atoms with van der Waals surface area (Å²) in [5.74, 6) is -0.315. The van der Waals surface area contributed by atoms with E-state index in [0.29, 0.717) is 24.6 Å². The molecule has 1 atom stereocenters. The molecule has 0 aromatic carbocycles. The van der Waals surface area contributed by atoms with Crippen molar-refractivity contribution in [3.63, 3.8) is 0 Å². The van der Waals surface area contributed by atoms with Crippen LogP contribution in [0.1, 0.15) is 0 Å². The quantitative estimate of drug-likeness (QED) is 0.654. The van der Waals surface area contributed by atoms with Crippen molar-refractivity contribution in [3.8, 4) is 0 Å². The van der Waals surface area contributed by atoms with Crippen LogP contribution in [0.25, 0.3) is 5.65 Å². The van der Waals surface area contributed by atoms with Crippen LogP contribution in [0.4, 0.5) is 5.82 Å². The molecule has 9 heteroatoms. The highest BCUT2D eigenvalue weighted by molar-refractivity contribution is 5.78. The Morgan fingerprint density at radius 2 is 2.39 bits per heavy atom. The number of carbonyl (C=O) groups is 1. The van der Waals surface area contributed by atoms with Gasteiger partial charge in [0, 0.05) is 19.6 Å². The number of hydrogen-bond acceptors (Lipinski definition) is 7. The SMILES string of the molecule is O=C(O)C1CNCCN1c1ccc2nnnn2n1. The Bertz CT molecular complexity index is 583. The second-order valence-corrected chi connectivity index (χ2v) is 3.97. The third-order valence-corrected chi connectivity index (χ3v) is 2.88. The van der Waals surface area contributed by atoms with Crippen molar-refractivity contribution < 1.29 is 9.90 Å². The molecular weight excluding hydrogens is 238 g/mol. The van der Waals surface area contributed by atoms with Crippen LogP contribution in [0.2, 0.25) is 0 Å². The van der Waals surface area contributed by atoms with Crippen molar-refractivity contribution >= 4 is 17.4 Å². The number of piperazine rings is 1. The zero-order valence-electron chi connectivity index (χ0n) is 9.39. The first-order valence-corrected chi connectivity index (χ1v) is 5.51. The lowest BCUT2D eigenvalue weighted by atomic mass is 10.2. The summed E-state index contributed by atoms with van der Waals surface area (Å²) in [4.78, 5) is 12.9. The van der Waals surface area contributed by atoms with Crippen molar-refractivity contribution in [2.75, 3.05) is 24.5 Å². The summed E-state index contributed by atoms with van der Waals surface area (Å²) in [6.45, 7) is 1.70. The molecule has 1 fully saturated rings. The number of nitrogens with one attached hydrogen (secondary N) is 1. The van der Waals surface area contributed by atoms with E-state index in [-0.39, 0.29) is 0 Å². The maximum Gasteiger partial charge on any atom is 0.327 e. The van der Waals surface area contributed by atoms with Gasteiger partial charge < -0.3 is 15.3 Å². The van der Waals surface area contributed by atoms with Crippen LogP contribution >= 0.6 is 0 Å². The van der Waals surface area contributed by atoms with E-state index in [1.807, 2.05) is 0 Å². The average Bonchev–Trinajstić information content (AvgIpc) is 2.85. The number of hydrogen-bond donors (Lipinski definition) is 2. The summed E-state index contributed by atoms with van der Waals surface area (Å²) in [6.07, 6.45) is 0. The summed E-state index contributed by atoms with van der Waals surface area (Å²) in [6, 6.07) is 2.82. The molecule has 9 nitrogen and oxygen atoms in total. The molecule has 0 spiro atoms. The van der Waals surface area contributed by atoms with Crippen LogP contribution in [0.15, 0.2) is 12.1 Å². The number of carboxylic acid groups (broad SMARTS) is 1. The standard InChI is InChI=1S/C9H11N7O2/c17-9(18)6-5-10-3-4-15(6)8-2-1-7-11-13-14-16(7)12-8/h1-2,6,10H,3-5H2,(H,17,18). The molecule has 1 aliphatic rings. The van der Waals surface area contributed by atoms with Crippen molar-refractivity contribution in [3.05, 3.63) is 12.1 Å². The number of rotatable bonds is 2. The van der Waals surface area contributed by atoms with Crippen LogP contribution in [-0.2, 0) is 4.79 Å². The van der Waals surface area contributed by atoms with Crippen LogP contribution < -0.4 is 10.2 Å². The van der Waals surface area contributed by atoms with Gasteiger partial charge in [-0.2, -0.15) is 0 Å². The first-order chi connectivity index (χ1) is 8.75. The smallest absolute Gasteiger partial charge is 0.327 e. The van der Waals surface area contributed by atoms with Gasteiger partial charge in [0.25, 0.3) is 0 Å². The summed E-state index contributed by atoms with van der Waals surface area (Å²) in [5.41, 5.74) is 0.528. The Labute approximate surface area is 101 Å². The summed E-state index contributed by atoms with van der Waals surface area (Å²) in [7, 11) is 0. The minimum atomic E-state index is -0.874. The van der Waals surface area contributed by atoms with Gasteiger partial charge in [0.2, 0.25) is 0 Å². The van der Waals surface area contributed by atoms with E-state index in [1.54, 1.807) is 17.0 Å². The number of carboxylic acids is 1. The van der Waals surface area contributed by atoms with Gasteiger partial charge in [0.05, 0.1) is 0 Å². The molecule has 2 aromatic heterocycles. The van der Waals surface area contributed by atoms with Crippen LogP contribution in [0, 0.1) is 0 Å². The Morgan fingerprint density at radius 1 is 1.50 bits per heavy atom. The van der Waals surface area contributed by atoms with E-state index in [0.717, 1.165) is 6.54 Å². The Kier molecular flexibility index (Phi) is 2.52. The van der Waals surface area contributed by atoms with E-state index in [4.69, 9.17) is 0 Å². The average molecular weight is 249 g/mol. The number of aliphatic carboxylic acids is 1. The van der Waals surface area contributed by atoms with E-state index in [1.165, 1.54) is 4.63 Å². The first-order valence-electron chi connectivity index (χ1n) is 5.51. The molecule has 2 aromatic rings. The Hall–Kier alpha value is -2.29. The molecule has 3 heterocycles. The summed E-state index contributed by atoms with van der Waals surface area (Å²) < 4.78 is 1.29. The molecule has 1 aliphatic heterocycles. The number of aromatic nitrogens is 5. The highest BCUT2D eigenvalue weighted by Crippen LogP contribution is 2.15. The molecule has 0 bridgehead atoms. The van der Waals surface area contributed by atoms with Gasteiger partial charge in [-0.15, -0.1) is 14.8 Å². The zero-order chi connectivity index (χ0) is 12.5. The van der Waals surface area contributed by atoms with Crippen LogP contribution in [-0.4, -0.2) is 62.0 Å². The molecule has 0 saturated carbocycles. The van der Waals surface area contributed by atoms with Gasteiger partial charge in [-0.25, -0.2) is 4.79 Å². The maximum atomic E-state index is 11.2. The second-order valence-electron chi connectivity index (χ2n) is 3.97. The molecule has 18 heavy (non-hydrogen) atoms. The fourth-order valence-corrected chi connectivity index (χ4v) is 1.99. The molecular formula is C9H11N7O2. The normalized spacial score (nSPS) is 20.2. The van der Waals surface area contributed by atoms with Gasteiger partial charge in [-0.1, -0.05) is 0 Å². The maximum absolute atomic E-state index is 11.2. The zero-order valence-corrected chi connectivity index (χ0v) is 9.39. The van der Waals surface area contributed by atoms with Crippen molar-refractivity contribution in [2.24, 2.45) is 0 Å². The van der Waals surface area contributed by atoms with Crippen LogP contribution in [0.3, 0.4) is 0 Å². The lowest BCUT2D eigenvalue weighted by molar-refractivity contribution is -0.138. The van der Waals surface area contributed by atoms with E-state index in [9.17, 15) is 9.90 Å². The molecule has 94 valence electrons. The summed E-state index contributed by atoms with van der Waals surface area (Å²) in [5, 5.41) is 27.4. The van der Waals surface area contributed by atoms with Crippen molar-refractivity contribution in [1.82, 2.24) is 30.6 Å². The minimum Gasteiger partial charge on any atom is -0.480 e. The second kappa shape index (κ2) is 4.18. The van der Waals surface area contributed by atoms with Crippen molar-refractivity contribution in [1.29, 1.82) is 0 Å². The summed E-state index contributed by atoms with van der Waals surface area (Å²) >= 11 is 0. The largest absolute Gasteiger partial charge is 0.480 e. The number of tetrazole rings is 1. The number of nitrogens with zero attached hydrogens (tertiary/aromatic N) is 6. The highest BCUT2D eigenvalue weighted by Gasteiger charge is 2.29. The number of fused-ring (bicyclic) bond motifs is 1. The molecule has 0 radical (unpaired) electrons. The minimum absolute atomic E-state index is 0.394. The monoisotopic (exact) mass is 249 g/mol. The molecule has 0 aliphatic carbocycles. The molecule has 1 unspecified atom stereocenters. The van der Waals surface area contributed by atoms with Gasteiger partial charge in [-0.3, -0.25) is 0 Å². The first kappa shape index (κ1) is 10.8. The molecule has 2 N–H and O–H groups in total. The third kappa shape index (κ3) is 1.74. The van der Waals surface area contributed by atoms with Crippen molar-refractivity contribution in [2.45, 2.75) is 6.04 Å². The lowest BCUT2D eigenvalue weighted by Crippen LogP contribution is -2.55. The molecule has 1 saturated heterocycles. The van der Waals surface area contributed by atoms with E-state index < -0.39 is 12.0 Å². The number of anilines is 1. The van der Waals surface area contributed by atoms with Gasteiger partial charge in [0.15, 0.2) is 11.5 Å². The van der Waals surface area contributed by atoms with Gasteiger partial charge >= 0.3 is 5.97 Å². The Balaban J connectivity index is 1.97. The molecule has 0 amide bonds. The predicted octanol–water partition coefficient (Wildman–Crippen LogP) is -1.62. The highest BCUT2D eigenvalue weighted by atomic mass is 16.4. The Morgan fingerprint density at radius 3 is 3.22 bits per heavy atom. The van der Waals surface area contributed by atoms with E-state index in [2.05, 4.69) is 25.9 Å². The lowest BCUT2D eigenvalue weighted by Gasteiger charge is -2.33. The fraction of sp³-hybridized carbons (Fsp3) is 0.444. The van der Waals surface area contributed by atoms with Gasteiger partial charge in [-0.05, 0) is 22.6 Å². The van der Waals surface area contributed by atoms with Gasteiger partial charge in [0.1, 0.15) is 6.04 Å². The van der Waals surface area contributed by atoms with E-state index >= 15 is 0 Å². The third-order valence-electron chi connectivity index (χ3n) is 2.88.